The number of carbonyl (C=O) groups excluding carboxylic acids is 1. The minimum Gasteiger partial charge on any atom is -0.383 e. The summed E-state index contributed by atoms with van der Waals surface area (Å²) in [6.45, 7) is 9.47. The van der Waals surface area contributed by atoms with Gasteiger partial charge in [-0.3, -0.25) is 4.79 Å². The van der Waals surface area contributed by atoms with Gasteiger partial charge in [-0.25, -0.2) is 0 Å². The van der Waals surface area contributed by atoms with Crippen molar-refractivity contribution in [2.75, 3.05) is 13.7 Å². The third-order valence-corrected chi connectivity index (χ3v) is 5.81. The minimum absolute atomic E-state index is 0.208. The van der Waals surface area contributed by atoms with Crippen LogP contribution in [0.25, 0.3) is 10.2 Å². The van der Waals surface area contributed by atoms with Crippen LogP contribution in [0.2, 0.25) is 0 Å². The molecule has 0 atom stereocenters. The van der Waals surface area contributed by atoms with Crippen LogP contribution in [0.15, 0.2) is 35.3 Å². The SMILES string of the molecule is COCCn1c(=NC(=O)c2ccc(C)c(C)c2)sc2c(C)cc(C)cc21. The van der Waals surface area contributed by atoms with Gasteiger partial charge in [0.25, 0.3) is 5.91 Å². The van der Waals surface area contributed by atoms with Gasteiger partial charge in [-0.1, -0.05) is 23.5 Å². The smallest absolute Gasteiger partial charge is 0.279 e. The molecular weight excluding hydrogens is 344 g/mol. The molecule has 0 saturated heterocycles. The van der Waals surface area contributed by atoms with Crippen molar-refractivity contribution in [3.63, 3.8) is 0 Å². The molecule has 3 aromatic rings. The molecule has 0 aliphatic rings. The third-order valence-electron chi connectivity index (χ3n) is 4.58. The van der Waals surface area contributed by atoms with Crippen LogP contribution in [0, 0.1) is 27.7 Å². The zero-order chi connectivity index (χ0) is 18.8. The monoisotopic (exact) mass is 368 g/mol. The molecule has 0 fully saturated rings. The molecule has 136 valence electrons. The number of nitrogens with zero attached hydrogens (tertiary/aromatic N) is 2. The first-order chi connectivity index (χ1) is 12.4. The fraction of sp³-hybridized carbons (Fsp3) is 0.333. The number of hydrogen-bond acceptors (Lipinski definition) is 3. The number of aromatic nitrogens is 1. The molecule has 0 N–H and O–H groups in total. The van der Waals surface area contributed by atoms with Gasteiger partial charge in [0.15, 0.2) is 4.80 Å². The molecule has 0 saturated carbocycles. The number of amides is 1. The Kier molecular flexibility index (Phi) is 5.39. The largest absolute Gasteiger partial charge is 0.383 e. The van der Waals surface area contributed by atoms with E-state index in [0.717, 1.165) is 11.1 Å². The van der Waals surface area contributed by atoms with Gasteiger partial charge in [0.1, 0.15) is 0 Å². The van der Waals surface area contributed by atoms with E-state index in [-0.39, 0.29) is 5.91 Å². The Labute approximate surface area is 157 Å². The second kappa shape index (κ2) is 7.56. The lowest BCUT2D eigenvalue weighted by atomic mass is 10.1. The summed E-state index contributed by atoms with van der Waals surface area (Å²) in [6.07, 6.45) is 0. The number of aryl methyl sites for hydroxylation is 4. The molecule has 26 heavy (non-hydrogen) atoms. The maximum Gasteiger partial charge on any atom is 0.279 e. The summed E-state index contributed by atoms with van der Waals surface area (Å²) in [5, 5.41) is 0. The third kappa shape index (κ3) is 3.64. The summed E-state index contributed by atoms with van der Waals surface area (Å²) < 4.78 is 8.51. The van der Waals surface area contributed by atoms with E-state index >= 15 is 0 Å². The minimum atomic E-state index is -0.208. The highest BCUT2D eigenvalue weighted by molar-refractivity contribution is 7.16. The summed E-state index contributed by atoms with van der Waals surface area (Å²) in [5.41, 5.74) is 6.40. The van der Waals surface area contributed by atoms with E-state index in [0.29, 0.717) is 23.5 Å². The number of hydrogen-bond donors (Lipinski definition) is 0. The standard InChI is InChI=1S/C21H24N2O2S/c1-13-10-16(4)19-18(11-13)23(8-9-25-5)21(26-19)22-20(24)17-7-6-14(2)15(3)12-17/h6-7,10-12H,8-9H2,1-5H3. The lowest BCUT2D eigenvalue weighted by Crippen LogP contribution is -2.19. The quantitative estimate of drug-likeness (QED) is 0.688. The highest BCUT2D eigenvalue weighted by Gasteiger charge is 2.12. The number of carbonyl (C=O) groups is 1. The van der Waals surface area contributed by atoms with Gasteiger partial charge in [0.2, 0.25) is 0 Å². The average Bonchev–Trinajstić information content (AvgIpc) is 2.93. The van der Waals surface area contributed by atoms with E-state index in [1.54, 1.807) is 18.4 Å². The maximum absolute atomic E-state index is 12.7. The van der Waals surface area contributed by atoms with Crippen LogP contribution >= 0.6 is 11.3 Å². The van der Waals surface area contributed by atoms with Gasteiger partial charge in [0.05, 0.1) is 16.8 Å². The Bertz CT molecular complexity index is 1040. The molecule has 0 bridgehead atoms. The van der Waals surface area contributed by atoms with Gasteiger partial charge in [0, 0.05) is 19.2 Å². The van der Waals surface area contributed by atoms with Crippen molar-refractivity contribution >= 4 is 27.5 Å². The zero-order valence-corrected chi connectivity index (χ0v) is 16.7. The van der Waals surface area contributed by atoms with Crippen molar-refractivity contribution < 1.29 is 9.53 Å². The van der Waals surface area contributed by atoms with Crippen LogP contribution in [0.5, 0.6) is 0 Å². The molecule has 1 amide bonds. The number of fused-ring (bicyclic) bond motifs is 1. The van der Waals surface area contributed by atoms with Gasteiger partial charge in [-0.15, -0.1) is 0 Å². The first kappa shape index (κ1) is 18.5. The number of benzene rings is 2. The van der Waals surface area contributed by atoms with Crippen molar-refractivity contribution in [3.05, 3.63) is 63.0 Å². The van der Waals surface area contributed by atoms with E-state index in [2.05, 4.69) is 35.5 Å². The lowest BCUT2D eigenvalue weighted by molar-refractivity contribution is 0.0997. The van der Waals surface area contributed by atoms with Crippen molar-refractivity contribution in [2.24, 2.45) is 4.99 Å². The number of methoxy groups -OCH3 is 1. The first-order valence-electron chi connectivity index (χ1n) is 8.66. The maximum atomic E-state index is 12.7. The van der Waals surface area contributed by atoms with Crippen molar-refractivity contribution in [1.29, 1.82) is 0 Å². The van der Waals surface area contributed by atoms with Gasteiger partial charge >= 0.3 is 0 Å². The summed E-state index contributed by atoms with van der Waals surface area (Å²) in [6, 6.07) is 10.0. The first-order valence-corrected chi connectivity index (χ1v) is 9.48. The highest BCUT2D eigenvalue weighted by Crippen LogP contribution is 2.23. The van der Waals surface area contributed by atoms with Gasteiger partial charge in [-0.2, -0.15) is 4.99 Å². The predicted octanol–water partition coefficient (Wildman–Crippen LogP) is 4.32. The second-order valence-electron chi connectivity index (χ2n) is 6.68. The molecule has 3 rings (SSSR count). The highest BCUT2D eigenvalue weighted by atomic mass is 32.1. The molecule has 0 unspecified atom stereocenters. The molecule has 0 spiro atoms. The Hall–Kier alpha value is -2.24. The molecule has 1 aromatic heterocycles. The van der Waals surface area contributed by atoms with Crippen molar-refractivity contribution in [1.82, 2.24) is 4.57 Å². The van der Waals surface area contributed by atoms with Crippen LogP contribution in [0.1, 0.15) is 32.6 Å². The van der Waals surface area contributed by atoms with Gasteiger partial charge < -0.3 is 9.30 Å². The van der Waals surface area contributed by atoms with Crippen molar-refractivity contribution in [3.8, 4) is 0 Å². The molecule has 1 heterocycles. The van der Waals surface area contributed by atoms with Crippen LogP contribution in [0.3, 0.4) is 0 Å². The predicted molar refractivity (Wildman–Crippen MR) is 107 cm³/mol. The molecule has 2 aromatic carbocycles. The lowest BCUT2D eigenvalue weighted by Gasteiger charge is -2.06. The Balaban J connectivity index is 2.15. The van der Waals surface area contributed by atoms with E-state index in [1.165, 1.54) is 21.4 Å². The summed E-state index contributed by atoms with van der Waals surface area (Å²) in [7, 11) is 1.68. The van der Waals surface area contributed by atoms with E-state index in [4.69, 9.17) is 4.74 Å². The summed E-state index contributed by atoms with van der Waals surface area (Å²) in [4.78, 5) is 17.9. The Morgan fingerprint density at radius 1 is 1.08 bits per heavy atom. The molecule has 0 aliphatic carbocycles. The fourth-order valence-electron chi connectivity index (χ4n) is 3.02. The topological polar surface area (TPSA) is 43.6 Å². The summed E-state index contributed by atoms with van der Waals surface area (Å²) >= 11 is 1.56. The molecule has 5 heteroatoms. The molecule has 0 aliphatic heterocycles. The zero-order valence-electron chi connectivity index (χ0n) is 15.9. The van der Waals surface area contributed by atoms with Crippen molar-refractivity contribution in [2.45, 2.75) is 34.2 Å². The van der Waals surface area contributed by atoms with Crippen LogP contribution in [0.4, 0.5) is 0 Å². The van der Waals surface area contributed by atoms with E-state index < -0.39 is 0 Å². The average molecular weight is 369 g/mol. The van der Waals surface area contributed by atoms with Gasteiger partial charge in [-0.05, 0) is 68.1 Å². The van der Waals surface area contributed by atoms with E-state index in [1.807, 2.05) is 32.0 Å². The second-order valence-corrected chi connectivity index (χ2v) is 7.65. The Morgan fingerprint density at radius 2 is 1.85 bits per heavy atom. The van der Waals surface area contributed by atoms with Crippen LogP contribution in [-0.2, 0) is 11.3 Å². The molecule has 4 nitrogen and oxygen atoms in total. The fourth-order valence-corrected chi connectivity index (χ4v) is 4.13. The number of rotatable bonds is 4. The Morgan fingerprint density at radius 3 is 2.54 bits per heavy atom. The van der Waals surface area contributed by atoms with Crippen LogP contribution < -0.4 is 4.80 Å². The molecular formula is C21H24N2O2S. The number of ether oxygens (including phenoxy) is 1. The normalized spacial score (nSPS) is 12.1. The van der Waals surface area contributed by atoms with E-state index in [9.17, 15) is 4.79 Å². The summed E-state index contributed by atoms with van der Waals surface area (Å²) in [5.74, 6) is -0.208. The van der Waals surface area contributed by atoms with Crippen LogP contribution in [-0.4, -0.2) is 24.2 Å². The molecule has 0 radical (unpaired) electrons. The number of thiazole rings is 1.